The highest BCUT2D eigenvalue weighted by Gasteiger charge is 2.28. The van der Waals surface area contributed by atoms with E-state index in [9.17, 15) is 22.4 Å². The van der Waals surface area contributed by atoms with Crippen LogP contribution in [0.3, 0.4) is 0 Å². The van der Waals surface area contributed by atoms with Crippen molar-refractivity contribution >= 4 is 27.5 Å². The lowest BCUT2D eigenvalue weighted by molar-refractivity contribution is -0.120. The lowest BCUT2D eigenvalue weighted by Gasteiger charge is -2.28. The van der Waals surface area contributed by atoms with E-state index in [1.165, 1.54) is 60.5 Å². The molecule has 190 valence electrons. The molecule has 36 heavy (non-hydrogen) atoms. The van der Waals surface area contributed by atoms with Gasteiger partial charge in [-0.15, -0.1) is 0 Å². The Balaban J connectivity index is 1.82. The average Bonchev–Trinajstić information content (AvgIpc) is 2.81. The van der Waals surface area contributed by atoms with Crippen molar-refractivity contribution in [3.8, 4) is 0 Å². The number of hydrogen-bond acceptors (Lipinski definition) is 4. The first-order chi connectivity index (χ1) is 16.9. The molecule has 0 aromatic heterocycles. The number of benzene rings is 3. The second-order valence-corrected chi connectivity index (χ2v) is 11.2. The number of hydrogen-bond donors (Lipinski definition) is 2. The molecule has 3 aromatic carbocycles. The van der Waals surface area contributed by atoms with Gasteiger partial charge >= 0.3 is 0 Å². The highest BCUT2D eigenvalue weighted by atomic mass is 32.2. The zero-order valence-corrected chi connectivity index (χ0v) is 21.5. The summed E-state index contributed by atoms with van der Waals surface area (Å²) in [7, 11) is -2.20. The standard InChI is InChI=1S/C27H30FN3O4S/c1-27(2,3)30-36(34,35)23-16-14-22(15-17-23)29-25(32)24(18-19-8-6-5-7-9-19)31(4)26(33)20-10-12-21(28)13-11-20/h5-17,24,30H,18H2,1-4H3,(H,29,32). The van der Waals surface area contributed by atoms with Gasteiger partial charge in [-0.2, -0.15) is 0 Å². The molecule has 0 heterocycles. The van der Waals surface area contributed by atoms with E-state index < -0.39 is 39.2 Å². The normalized spacial score (nSPS) is 12.6. The molecule has 2 N–H and O–H groups in total. The van der Waals surface area contributed by atoms with E-state index in [1.54, 1.807) is 20.8 Å². The molecule has 1 atom stereocenters. The number of halogens is 1. The Morgan fingerprint density at radius 2 is 1.50 bits per heavy atom. The Morgan fingerprint density at radius 1 is 0.917 bits per heavy atom. The fraction of sp³-hybridized carbons (Fsp3) is 0.259. The van der Waals surface area contributed by atoms with Crippen molar-refractivity contribution in [2.75, 3.05) is 12.4 Å². The highest BCUT2D eigenvalue weighted by Crippen LogP contribution is 2.19. The van der Waals surface area contributed by atoms with Gasteiger partial charge in [-0.3, -0.25) is 9.59 Å². The van der Waals surface area contributed by atoms with Gasteiger partial charge < -0.3 is 10.2 Å². The monoisotopic (exact) mass is 511 g/mol. The van der Waals surface area contributed by atoms with Gasteiger partial charge in [0.2, 0.25) is 15.9 Å². The minimum Gasteiger partial charge on any atom is -0.329 e. The molecule has 0 bridgehead atoms. The van der Waals surface area contributed by atoms with E-state index in [-0.39, 0.29) is 16.9 Å². The number of nitrogens with one attached hydrogen (secondary N) is 2. The second-order valence-electron chi connectivity index (χ2n) is 9.50. The zero-order valence-electron chi connectivity index (χ0n) is 20.7. The predicted molar refractivity (Wildman–Crippen MR) is 138 cm³/mol. The van der Waals surface area contributed by atoms with E-state index in [1.807, 2.05) is 30.3 Å². The van der Waals surface area contributed by atoms with Crippen LogP contribution in [0.25, 0.3) is 0 Å². The SMILES string of the molecule is CN(C(=O)c1ccc(F)cc1)C(Cc1ccccc1)C(=O)Nc1ccc(S(=O)(=O)NC(C)(C)C)cc1. The van der Waals surface area contributed by atoms with Crippen LogP contribution in [-0.2, 0) is 21.2 Å². The molecule has 0 radical (unpaired) electrons. The summed E-state index contributed by atoms with van der Waals surface area (Å²) >= 11 is 0. The third-order valence-corrected chi connectivity index (χ3v) is 7.10. The van der Waals surface area contributed by atoms with E-state index >= 15 is 0 Å². The Morgan fingerprint density at radius 3 is 2.06 bits per heavy atom. The van der Waals surface area contributed by atoms with Gasteiger partial charge in [-0.1, -0.05) is 30.3 Å². The lowest BCUT2D eigenvalue weighted by atomic mass is 10.0. The minimum absolute atomic E-state index is 0.0693. The smallest absolute Gasteiger partial charge is 0.254 e. The number of amides is 2. The maximum atomic E-state index is 13.3. The molecular weight excluding hydrogens is 481 g/mol. The van der Waals surface area contributed by atoms with Crippen LogP contribution in [0.1, 0.15) is 36.7 Å². The van der Waals surface area contributed by atoms with Crippen LogP contribution in [-0.4, -0.2) is 43.8 Å². The molecule has 0 saturated heterocycles. The van der Waals surface area contributed by atoms with Gasteiger partial charge in [0.25, 0.3) is 5.91 Å². The lowest BCUT2D eigenvalue weighted by Crippen LogP contribution is -2.46. The van der Waals surface area contributed by atoms with Gasteiger partial charge in [-0.05, 0) is 74.9 Å². The minimum atomic E-state index is -3.72. The molecule has 0 aliphatic rings. The molecule has 3 aromatic rings. The third-order valence-electron chi connectivity index (χ3n) is 5.33. The van der Waals surface area contributed by atoms with Crippen LogP contribution in [0.15, 0.2) is 83.8 Å². The van der Waals surface area contributed by atoms with Crippen molar-refractivity contribution in [1.82, 2.24) is 9.62 Å². The molecule has 0 spiro atoms. The van der Waals surface area contributed by atoms with E-state index in [2.05, 4.69) is 10.0 Å². The third kappa shape index (κ3) is 7.22. The van der Waals surface area contributed by atoms with Crippen molar-refractivity contribution < 1.29 is 22.4 Å². The Kier molecular flexibility index (Phi) is 8.27. The molecule has 0 aliphatic carbocycles. The second kappa shape index (κ2) is 11.0. The topological polar surface area (TPSA) is 95.6 Å². The largest absolute Gasteiger partial charge is 0.329 e. The summed E-state index contributed by atoms with van der Waals surface area (Å²) in [6.07, 6.45) is 0.248. The number of sulfonamides is 1. The number of likely N-dealkylation sites (N-methyl/N-ethyl adjacent to an activating group) is 1. The van der Waals surface area contributed by atoms with Crippen molar-refractivity contribution in [2.45, 2.75) is 43.7 Å². The average molecular weight is 512 g/mol. The van der Waals surface area contributed by atoms with Crippen molar-refractivity contribution in [3.63, 3.8) is 0 Å². The van der Waals surface area contributed by atoms with Gasteiger partial charge in [0.05, 0.1) is 4.90 Å². The van der Waals surface area contributed by atoms with Crippen LogP contribution in [0.5, 0.6) is 0 Å². The van der Waals surface area contributed by atoms with Crippen LogP contribution in [0, 0.1) is 5.82 Å². The molecule has 3 rings (SSSR count). The summed E-state index contributed by atoms with van der Waals surface area (Å²) in [5.74, 6) is -1.34. The molecule has 9 heteroatoms. The highest BCUT2D eigenvalue weighted by molar-refractivity contribution is 7.89. The zero-order chi connectivity index (χ0) is 26.5. The summed E-state index contributed by atoms with van der Waals surface area (Å²) in [4.78, 5) is 27.8. The Labute approximate surface area is 211 Å². The number of carbonyl (C=O) groups excluding carboxylic acids is 2. The summed E-state index contributed by atoms with van der Waals surface area (Å²) in [5.41, 5.74) is 0.852. The molecule has 0 aliphatic heterocycles. The van der Waals surface area contributed by atoms with Gasteiger partial charge in [0.1, 0.15) is 11.9 Å². The van der Waals surface area contributed by atoms with Crippen LogP contribution >= 0.6 is 0 Å². The van der Waals surface area contributed by atoms with E-state index in [0.29, 0.717) is 5.69 Å². The number of nitrogens with zero attached hydrogens (tertiary/aromatic N) is 1. The number of anilines is 1. The van der Waals surface area contributed by atoms with Gasteiger partial charge in [0, 0.05) is 30.3 Å². The summed E-state index contributed by atoms with van der Waals surface area (Å²) in [6.45, 7) is 5.24. The first-order valence-electron chi connectivity index (χ1n) is 11.4. The summed E-state index contributed by atoms with van der Waals surface area (Å²) < 4.78 is 41.0. The van der Waals surface area contributed by atoms with Crippen molar-refractivity contribution in [2.24, 2.45) is 0 Å². The van der Waals surface area contributed by atoms with Crippen molar-refractivity contribution in [3.05, 3.63) is 95.8 Å². The maximum absolute atomic E-state index is 13.3. The number of rotatable bonds is 8. The molecule has 2 amide bonds. The van der Waals surface area contributed by atoms with Gasteiger partial charge in [0.15, 0.2) is 0 Å². The number of carbonyl (C=O) groups is 2. The fourth-order valence-electron chi connectivity index (χ4n) is 3.59. The van der Waals surface area contributed by atoms with Crippen LogP contribution in [0.2, 0.25) is 0 Å². The summed E-state index contributed by atoms with van der Waals surface area (Å²) in [6, 6.07) is 19.3. The first kappa shape index (κ1) is 27.0. The molecule has 0 saturated carbocycles. The maximum Gasteiger partial charge on any atom is 0.254 e. The van der Waals surface area contributed by atoms with Crippen LogP contribution in [0.4, 0.5) is 10.1 Å². The molecule has 0 fully saturated rings. The van der Waals surface area contributed by atoms with E-state index in [4.69, 9.17) is 0 Å². The quantitative estimate of drug-likeness (QED) is 0.473. The predicted octanol–water partition coefficient (Wildman–Crippen LogP) is 4.22. The Hall–Kier alpha value is -3.56. The van der Waals surface area contributed by atoms with Crippen molar-refractivity contribution in [1.29, 1.82) is 0 Å². The summed E-state index contributed by atoms with van der Waals surface area (Å²) in [5, 5.41) is 2.78. The first-order valence-corrected chi connectivity index (χ1v) is 12.9. The van der Waals surface area contributed by atoms with Crippen LogP contribution < -0.4 is 10.0 Å². The molecular formula is C27H30FN3O4S. The Bertz CT molecular complexity index is 1300. The molecule has 7 nitrogen and oxygen atoms in total. The fourth-order valence-corrected chi connectivity index (χ4v) is 5.00. The molecule has 1 unspecified atom stereocenters. The van der Waals surface area contributed by atoms with E-state index in [0.717, 1.165) is 5.56 Å². The van der Waals surface area contributed by atoms with Gasteiger partial charge in [-0.25, -0.2) is 17.5 Å².